The van der Waals surface area contributed by atoms with Crippen molar-refractivity contribution in [3.8, 4) is 5.75 Å². The van der Waals surface area contributed by atoms with Crippen molar-refractivity contribution in [1.29, 1.82) is 0 Å². The highest BCUT2D eigenvalue weighted by Gasteiger charge is 2.24. The molecule has 0 saturated carbocycles. The zero-order chi connectivity index (χ0) is 20.6. The van der Waals surface area contributed by atoms with E-state index in [1.807, 2.05) is 36.4 Å². The molecule has 0 bridgehead atoms. The lowest BCUT2D eigenvalue weighted by molar-refractivity contribution is -0.115. The lowest BCUT2D eigenvalue weighted by atomic mass is 10.2. The highest BCUT2D eigenvalue weighted by atomic mass is 79.9. The first-order valence-electron chi connectivity index (χ1n) is 9.52. The second-order valence-electron chi connectivity index (χ2n) is 6.55. The fraction of sp³-hybridized carbons (Fsp3) is 0.273. The summed E-state index contributed by atoms with van der Waals surface area (Å²) in [4.78, 5) is 17.5. The van der Waals surface area contributed by atoms with E-state index in [1.54, 1.807) is 12.1 Å². The smallest absolute Gasteiger partial charge is 0.264 e. The second-order valence-corrected chi connectivity index (χ2v) is 8.93. The summed E-state index contributed by atoms with van der Waals surface area (Å²) in [5.41, 5.74) is 1.59. The van der Waals surface area contributed by atoms with Gasteiger partial charge in [-0.1, -0.05) is 53.7 Å². The molecule has 0 spiro atoms. The van der Waals surface area contributed by atoms with Crippen LogP contribution in [-0.4, -0.2) is 17.7 Å². The molecule has 3 rings (SSSR count). The van der Waals surface area contributed by atoms with Gasteiger partial charge in [-0.3, -0.25) is 4.79 Å². The largest absolute Gasteiger partial charge is 0.493 e. The lowest BCUT2D eigenvalue weighted by Crippen LogP contribution is -2.19. The number of rotatable bonds is 8. The number of carbonyl (C=O) groups excluding carboxylic acids is 1. The Morgan fingerprint density at radius 2 is 1.97 bits per heavy atom. The zero-order valence-electron chi connectivity index (χ0n) is 16.1. The molecular formula is C22H22BrClN2O2S. The minimum Gasteiger partial charge on any atom is -0.493 e. The van der Waals surface area contributed by atoms with Gasteiger partial charge in [-0.05, 0) is 66.7 Å². The van der Waals surface area contributed by atoms with Crippen molar-refractivity contribution in [2.24, 2.45) is 4.99 Å². The number of benzene rings is 2. The topological polar surface area (TPSA) is 50.7 Å². The highest BCUT2D eigenvalue weighted by molar-refractivity contribution is 9.10. The fourth-order valence-electron chi connectivity index (χ4n) is 2.73. The molecule has 0 aliphatic carbocycles. The molecule has 1 saturated heterocycles. The lowest BCUT2D eigenvalue weighted by Gasteiger charge is -2.10. The second kappa shape index (κ2) is 10.9. The van der Waals surface area contributed by atoms with Gasteiger partial charge in [-0.2, -0.15) is 0 Å². The average Bonchev–Trinajstić information content (AvgIpc) is 3.04. The third kappa shape index (κ3) is 6.63. The molecule has 0 aromatic heterocycles. The predicted octanol–water partition coefficient (Wildman–Crippen LogP) is 6.95. The van der Waals surface area contributed by atoms with Crippen LogP contribution in [0.3, 0.4) is 0 Å². The van der Waals surface area contributed by atoms with Crippen molar-refractivity contribution in [3.63, 3.8) is 0 Å². The number of ether oxygens (including phenoxy) is 1. The number of amidine groups is 1. The number of nitrogens with one attached hydrogen (secondary N) is 1. The SMILES string of the molecule is CCCCCCOc1ccc(Br)cc1C=C1SC(=Nc2ccc(Cl)cc2)NC1=O. The van der Waals surface area contributed by atoms with Crippen LogP contribution in [0.2, 0.25) is 5.02 Å². The first kappa shape index (κ1) is 21.9. The van der Waals surface area contributed by atoms with Crippen LogP contribution in [0.1, 0.15) is 38.2 Å². The van der Waals surface area contributed by atoms with Crippen molar-refractivity contribution in [2.45, 2.75) is 32.6 Å². The molecule has 2 aromatic rings. The third-order valence-corrected chi connectivity index (χ3v) is 5.88. The molecule has 1 fully saturated rings. The first-order chi connectivity index (χ1) is 14.0. The van der Waals surface area contributed by atoms with Crippen molar-refractivity contribution < 1.29 is 9.53 Å². The van der Waals surface area contributed by atoms with Crippen molar-refractivity contribution in [1.82, 2.24) is 5.32 Å². The molecule has 0 radical (unpaired) electrons. The van der Waals surface area contributed by atoms with E-state index in [2.05, 4.69) is 33.2 Å². The van der Waals surface area contributed by atoms with Gasteiger partial charge < -0.3 is 10.1 Å². The Morgan fingerprint density at radius 1 is 1.17 bits per heavy atom. The maximum Gasteiger partial charge on any atom is 0.264 e. The molecule has 1 N–H and O–H groups in total. The van der Waals surface area contributed by atoms with Crippen LogP contribution in [0.15, 0.2) is 56.8 Å². The van der Waals surface area contributed by atoms with Crippen LogP contribution in [0.4, 0.5) is 5.69 Å². The average molecular weight is 494 g/mol. The van der Waals surface area contributed by atoms with E-state index >= 15 is 0 Å². The van der Waals surface area contributed by atoms with Gasteiger partial charge in [0.05, 0.1) is 17.2 Å². The Kier molecular flexibility index (Phi) is 8.21. The van der Waals surface area contributed by atoms with Crippen molar-refractivity contribution in [2.75, 3.05) is 6.61 Å². The zero-order valence-corrected chi connectivity index (χ0v) is 19.2. The van der Waals surface area contributed by atoms with Gasteiger partial charge in [0.15, 0.2) is 5.17 Å². The summed E-state index contributed by atoms with van der Waals surface area (Å²) in [5, 5.41) is 4.00. The molecule has 0 atom stereocenters. The number of amides is 1. The maximum absolute atomic E-state index is 12.4. The Balaban J connectivity index is 1.74. The van der Waals surface area contributed by atoms with E-state index in [0.717, 1.165) is 34.3 Å². The van der Waals surface area contributed by atoms with Gasteiger partial charge >= 0.3 is 0 Å². The van der Waals surface area contributed by atoms with E-state index in [9.17, 15) is 4.79 Å². The maximum atomic E-state index is 12.4. The van der Waals surface area contributed by atoms with Gasteiger partial charge in [-0.15, -0.1) is 0 Å². The van der Waals surface area contributed by atoms with E-state index in [-0.39, 0.29) is 5.91 Å². The van der Waals surface area contributed by atoms with Crippen LogP contribution < -0.4 is 10.1 Å². The summed E-state index contributed by atoms with van der Waals surface area (Å²) >= 11 is 10.7. The Bertz CT molecular complexity index is 929. The number of halogens is 2. The summed E-state index contributed by atoms with van der Waals surface area (Å²) in [6.07, 6.45) is 6.44. The van der Waals surface area contributed by atoms with Crippen molar-refractivity contribution in [3.05, 3.63) is 62.4 Å². The normalized spacial score (nSPS) is 16.4. The standard InChI is InChI=1S/C22H22BrClN2O2S/c1-2-3-4-5-12-28-19-11-6-16(23)13-15(19)14-20-21(27)26-22(29-20)25-18-9-7-17(24)8-10-18/h6-11,13-14H,2-5,12H2,1H3,(H,25,26,27). The molecule has 1 amide bonds. The van der Waals surface area contributed by atoms with Crippen LogP contribution in [-0.2, 0) is 4.79 Å². The quantitative estimate of drug-likeness (QED) is 0.320. The molecular weight excluding hydrogens is 472 g/mol. The van der Waals surface area contributed by atoms with Crippen LogP contribution in [0.5, 0.6) is 5.75 Å². The molecule has 0 unspecified atom stereocenters. The molecule has 7 heteroatoms. The number of hydrogen-bond donors (Lipinski definition) is 1. The molecule has 1 heterocycles. The molecule has 4 nitrogen and oxygen atoms in total. The summed E-state index contributed by atoms with van der Waals surface area (Å²) < 4.78 is 6.90. The summed E-state index contributed by atoms with van der Waals surface area (Å²) in [6, 6.07) is 13.0. The molecule has 1 aliphatic rings. The molecule has 1 aliphatic heterocycles. The van der Waals surface area contributed by atoms with Crippen LogP contribution >= 0.6 is 39.3 Å². The van der Waals surface area contributed by atoms with Crippen LogP contribution in [0, 0.1) is 0 Å². The number of hydrogen-bond acceptors (Lipinski definition) is 4. The monoisotopic (exact) mass is 492 g/mol. The highest BCUT2D eigenvalue weighted by Crippen LogP contribution is 2.32. The predicted molar refractivity (Wildman–Crippen MR) is 126 cm³/mol. The van der Waals surface area contributed by atoms with E-state index < -0.39 is 0 Å². The Labute approximate surface area is 188 Å². The number of thioether (sulfide) groups is 1. The number of unbranched alkanes of at least 4 members (excludes halogenated alkanes) is 3. The minimum absolute atomic E-state index is 0.170. The van der Waals surface area contributed by atoms with E-state index in [0.29, 0.717) is 21.7 Å². The molecule has 152 valence electrons. The third-order valence-electron chi connectivity index (χ3n) is 4.22. The first-order valence-corrected chi connectivity index (χ1v) is 11.5. The Hall–Kier alpha value is -1.76. The van der Waals surface area contributed by atoms with E-state index in [4.69, 9.17) is 16.3 Å². The summed E-state index contributed by atoms with van der Waals surface area (Å²) in [6.45, 7) is 2.86. The van der Waals surface area contributed by atoms with Gasteiger partial charge in [-0.25, -0.2) is 4.99 Å². The summed E-state index contributed by atoms with van der Waals surface area (Å²) in [5.74, 6) is 0.602. The molecule has 29 heavy (non-hydrogen) atoms. The van der Waals surface area contributed by atoms with Crippen molar-refractivity contribution >= 4 is 62.1 Å². The van der Waals surface area contributed by atoms with E-state index in [1.165, 1.54) is 24.6 Å². The van der Waals surface area contributed by atoms with Gasteiger partial charge in [0.25, 0.3) is 5.91 Å². The fourth-order valence-corrected chi connectivity index (χ4v) is 4.07. The Morgan fingerprint density at radius 3 is 2.72 bits per heavy atom. The summed E-state index contributed by atoms with van der Waals surface area (Å²) in [7, 11) is 0. The van der Waals surface area contributed by atoms with Gasteiger partial charge in [0.2, 0.25) is 0 Å². The number of nitrogens with zero attached hydrogens (tertiary/aromatic N) is 1. The van der Waals surface area contributed by atoms with Gasteiger partial charge in [0.1, 0.15) is 5.75 Å². The van der Waals surface area contributed by atoms with Crippen LogP contribution in [0.25, 0.3) is 6.08 Å². The van der Waals surface area contributed by atoms with Gasteiger partial charge in [0, 0.05) is 15.1 Å². The molecule has 2 aromatic carbocycles. The number of carbonyl (C=O) groups is 1. The minimum atomic E-state index is -0.170. The number of aliphatic imine (C=N–C) groups is 1.